The number of nitrogens with one attached hydrogen (secondary N) is 1. The van der Waals surface area contributed by atoms with Gasteiger partial charge in [0.15, 0.2) is 11.6 Å². The summed E-state index contributed by atoms with van der Waals surface area (Å²) >= 11 is 0. The topological polar surface area (TPSA) is 67.2 Å². The van der Waals surface area contributed by atoms with Gasteiger partial charge >= 0.3 is 0 Å². The van der Waals surface area contributed by atoms with Gasteiger partial charge in [-0.2, -0.15) is 5.10 Å². The predicted molar refractivity (Wildman–Crippen MR) is 125 cm³/mol. The molecule has 186 valence electrons. The minimum Gasteiger partial charge on any atom is -0.371 e. The van der Waals surface area contributed by atoms with Crippen LogP contribution in [0.1, 0.15) is 51.5 Å². The van der Waals surface area contributed by atoms with E-state index in [0.717, 1.165) is 12.5 Å². The molecule has 0 spiro atoms. The number of carbonyl (C=O) groups excluding carboxylic acids is 2. The number of hydrogen-bond donors (Lipinski definition) is 1. The largest absolute Gasteiger partial charge is 0.371 e. The van der Waals surface area contributed by atoms with Crippen molar-refractivity contribution >= 4 is 17.5 Å². The van der Waals surface area contributed by atoms with Gasteiger partial charge in [0.25, 0.3) is 0 Å². The standard InChI is InChI=1S/C25H33F3N4O2/c1-13(20(23(33)29-6)25(3,4)5)14(2)24(34)32-19-9-8-10-31(7)22(19)21(30-32)15-11-17(27)18(28)12-16(15)26/h11-14,20H,8-10H2,1-7H3,(H,29,33). The lowest BCUT2D eigenvalue weighted by Gasteiger charge is -2.36. The van der Waals surface area contributed by atoms with E-state index in [-0.39, 0.29) is 29.0 Å². The van der Waals surface area contributed by atoms with E-state index in [2.05, 4.69) is 10.4 Å². The van der Waals surface area contributed by atoms with Gasteiger partial charge < -0.3 is 10.2 Å². The fraction of sp³-hybridized carbons (Fsp3) is 0.560. The van der Waals surface area contributed by atoms with E-state index in [4.69, 9.17) is 0 Å². The molecule has 3 unspecified atom stereocenters. The van der Waals surface area contributed by atoms with E-state index in [1.165, 1.54) is 4.68 Å². The maximum Gasteiger partial charge on any atom is 0.250 e. The smallest absolute Gasteiger partial charge is 0.250 e. The number of hydrogen-bond acceptors (Lipinski definition) is 4. The van der Waals surface area contributed by atoms with Crippen LogP contribution in [0, 0.1) is 40.6 Å². The van der Waals surface area contributed by atoms with Crippen molar-refractivity contribution in [1.82, 2.24) is 15.1 Å². The number of halogens is 3. The van der Waals surface area contributed by atoms with Crippen LogP contribution in [0.5, 0.6) is 0 Å². The molecule has 9 heteroatoms. The molecule has 1 N–H and O–H groups in total. The zero-order chi connectivity index (χ0) is 25.5. The molecule has 3 atom stereocenters. The number of amides is 1. The molecule has 2 heterocycles. The van der Waals surface area contributed by atoms with Gasteiger partial charge in [-0.3, -0.25) is 9.59 Å². The second kappa shape index (κ2) is 9.43. The van der Waals surface area contributed by atoms with Crippen LogP contribution in [0.3, 0.4) is 0 Å². The van der Waals surface area contributed by atoms with Gasteiger partial charge in [-0.05, 0) is 30.2 Å². The summed E-state index contributed by atoms with van der Waals surface area (Å²) in [6.07, 6.45) is 1.29. The molecular formula is C25H33F3N4O2. The Balaban J connectivity index is 2.10. The summed E-state index contributed by atoms with van der Waals surface area (Å²) in [4.78, 5) is 28.2. The van der Waals surface area contributed by atoms with Crippen LogP contribution in [0.2, 0.25) is 0 Å². The summed E-state index contributed by atoms with van der Waals surface area (Å²) in [5, 5.41) is 7.13. The molecule has 0 aliphatic carbocycles. The summed E-state index contributed by atoms with van der Waals surface area (Å²) in [6, 6.07) is 1.26. The molecule has 6 nitrogen and oxygen atoms in total. The molecule has 1 aliphatic rings. The van der Waals surface area contributed by atoms with Crippen LogP contribution in [0.25, 0.3) is 11.3 Å². The van der Waals surface area contributed by atoms with Gasteiger partial charge in [0, 0.05) is 44.1 Å². The van der Waals surface area contributed by atoms with Gasteiger partial charge in [-0.1, -0.05) is 34.6 Å². The van der Waals surface area contributed by atoms with Gasteiger partial charge in [-0.15, -0.1) is 0 Å². The van der Waals surface area contributed by atoms with Gasteiger partial charge in [-0.25, -0.2) is 17.9 Å². The van der Waals surface area contributed by atoms with Gasteiger partial charge in [0.1, 0.15) is 11.5 Å². The Bertz CT molecular complexity index is 1110. The average Bonchev–Trinajstić information content (AvgIpc) is 3.14. The van der Waals surface area contributed by atoms with Crippen molar-refractivity contribution < 1.29 is 22.8 Å². The van der Waals surface area contributed by atoms with Gasteiger partial charge in [0.2, 0.25) is 11.8 Å². The number of rotatable bonds is 5. The van der Waals surface area contributed by atoms with Crippen LogP contribution in [-0.2, 0) is 11.2 Å². The van der Waals surface area contributed by atoms with Crippen LogP contribution in [-0.4, -0.2) is 42.2 Å². The minimum atomic E-state index is -1.29. The van der Waals surface area contributed by atoms with Crippen LogP contribution < -0.4 is 10.2 Å². The fourth-order valence-corrected chi connectivity index (χ4v) is 5.02. The first-order chi connectivity index (χ1) is 15.8. The average molecular weight is 479 g/mol. The highest BCUT2D eigenvalue weighted by atomic mass is 19.2. The SMILES string of the molecule is CNC(=O)C(C(C)C(C)C(=O)n1nc(-c2cc(F)c(F)cc2F)c2c1CCCN2C)C(C)(C)C. The molecule has 0 saturated carbocycles. The van der Waals surface area contributed by atoms with E-state index in [1.807, 2.05) is 32.6 Å². The zero-order valence-corrected chi connectivity index (χ0v) is 20.8. The fourth-order valence-electron chi connectivity index (χ4n) is 5.02. The van der Waals surface area contributed by atoms with Gasteiger partial charge in [0.05, 0.1) is 11.4 Å². The molecule has 1 aliphatic heterocycles. The Morgan fingerprint density at radius 2 is 1.71 bits per heavy atom. The maximum absolute atomic E-state index is 14.7. The second-order valence-corrected chi connectivity index (χ2v) is 10.3. The number of fused-ring (bicyclic) bond motifs is 1. The Kier molecular flexibility index (Phi) is 7.15. The first-order valence-electron chi connectivity index (χ1n) is 11.5. The summed E-state index contributed by atoms with van der Waals surface area (Å²) in [6.45, 7) is 10.1. The highest BCUT2D eigenvalue weighted by Crippen LogP contribution is 2.40. The van der Waals surface area contributed by atoms with Crippen molar-refractivity contribution in [1.29, 1.82) is 0 Å². The number of benzene rings is 1. The number of nitrogens with zero attached hydrogens (tertiary/aromatic N) is 3. The maximum atomic E-state index is 14.7. The third kappa shape index (κ3) is 4.57. The third-order valence-electron chi connectivity index (χ3n) is 6.88. The van der Waals surface area contributed by atoms with Crippen molar-refractivity contribution in [2.75, 3.05) is 25.5 Å². The minimum absolute atomic E-state index is 0.0977. The van der Waals surface area contributed by atoms with Crippen molar-refractivity contribution in [3.63, 3.8) is 0 Å². The number of aromatic nitrogens is 2. The summed E-state index contributed by atoms with van der Waals surface area (Å²) < 4.78 is 43.5. The highest BCUT2D eigenvalue weighted by Gasteiger charge is 2.41. The summed E-state index contributed by atoms with van der Waals surface area (Å²) in [5.74, 6) is -5.25. The summed E-state index contributed by atoms with van der Waals surface area (Å²) in [7, 11) is 3.37. The highest BCUT2D eigenvalue weighted by molar-refractivity contribution is 5.88. The predicted octanol–water partition coefficient (Wildman–Crippen LogP) is 4.67. The Morgan fingerprint density at radius 3 is 2.29 bits per heavy atom. The normalized spacial score (nSPS) is 16.6. The molecular weight excluding hydrogens is 445 g/mol. The van der Waals surface area contributed by atoms with Crippen molar-refractivity contribution in [3.05, 3.63) is 35.3 Å². The van der Waals surface area contributed by atoms with E-state index in [1.54, 1.807) is 21.0 Å². The third-order valence-corrected chi connectivity index (χ3v) is 6.88. The van der Waals surface area contributed by atoms with E-state index >= 15 is 0 Å². The molecule has 2 aromatic rings. The monoisotopic (exact) mass is 478 g/mol. The van der Waals surface area contributed by atoms with Crippen molar-refractivity contribution in [2.45, 2.75) is 47.5 Å². The lowest BCUT2D eigenvalue weighted by atomic mass is 9.69. The molecule has 1 aromatic carbocycles. The zero-order valence-electron chi connectivity index (χ0n) is 20.8. The quantitative estimate of drug-likeness (QED) is 0.635. The van der Waals surface area contributed by atoms with Crippen LogP contribution in [0.4, 0.5) is 18.9 Å². The first-order valence-corrected chi connectivity index (χ1v) is 11.5. The van der Waals surface area contributed by atoms with Crippen molar-refractivity contribution in [2.24, 2.45) is 23.2 Å². The Labute approximate surface area is 198 Å². The molecule has 3 rings (SSSR count). The summed E-state index contributed by atoms with van der Waals surface area (Å²) in [5.41, 5.74) is 0.638. The number of carbonyl (C=O) groups is 2. The van der Waals surface area contributed by atoms with E-state index < -0.39 is 34.7 Å². The Hall–Kier alpha value is -2.84. The Morgan fingerprint density at radius 1 is 1.09 bits per heavy atom. The lowest BCUT2D eigenvalue weighted by molar-refractivity contribution is -0.130. The first kappa shape index (κ1) is 25.8. The van der Waals surface area contributed by atoms with Crippen molar-refractivity contribution in [3.8, 4) is 11.3 Å². The molecule has 1 aromatic heterocycles. The lowest BCUT2D eigenvalue weighted by Crippen LogP contribution is -2.44. The van der Waals surface area contributed by atoms with E-state index in [9.17, 15) is 22.8 Å². The second-order valence-electron chi connectivity index (χ2n) is 10.3. The molecule has 0 fully saturated rings. The molecule has 0 saturated heterocycles. The number of anilines is 1. The molecule has 0 radical (unpaired) electrons. The molecule has 34 heavy (non-hydrogen) atoms. The molecule has 1 amide bonds. The van der Waals surface area contributed by atoms with Crippen LogP contribution >= 0.6 is 0 Å². The van der Waals surface area contributed by atoms with E-state index in [0.29, 0.717) is 30.4 Å². The molecule has 0 bridgehead atoms. The van der Waals surface area contributed by atoms with Crippen LogP contribution in [0.15, 0.2) is 12.1 Å².